The van der Waals surface area contributed by atoms with Crippen molar-refractivity contribution in [1.82, 2.24) is 0 Å². The summed E-state index contributed by atoms with van der Waals surface area (Å²) < 4.78 is 0. The largest absolute Gasteiger partial charge is 0.330 e. The van der Waals surface area contributed by atoms with Crippen molar-refractivity contribution in [2.75, 3.05) is 6.54 Å². The number of fused-ring (bicyclic) bond motifs is 1. The topological polar surface area (TPSA) is 26.0 Å². The molecule has 2 aliphatic rings. The van der Waals surface area contributed by atoms with Crippen molar-refractivity contribution in [2.24, 2.45) is 23.5 Å². The average Bonchev–Trinajstić information content (AvgIpc) is 2.33. The Balaban J connectivity index is 1.93. The predicted molar refractivity (Wildman–Crippen MR) is 51.7 cm³/mol. The maximum absolute atomic E-state index is 5.68. The molecule has 0 spiro atoms. The van der Waals surface area contributed by atoms with Crippen molar-refractivity contribution in [2.45, 2.75) is 32.6 Å². The number of rotatable bonds is 3. The van der Waals surface area contributed by atoms with Crippen LogP contribution in [-0.4, -0.2) is 6.54 Å². The molecule has 0 aromatic heterocycles. The van der Waals surface area contributed by atoms with Crippen LogP contribution in [0.3, 0.4) is 0 Å². The molecule has 0 amide bonds. The Morgan fingerprint density at radius 2 is 2.42 bits per heavy atom. The van der Waals surface area contributed by atoms with Crippen molar-refractivity contribution >= 4 is 0 Å². The summed E-state index contributed by atoms with van der Waals surface area (Å²) in [6, 6.07) is 0. The number of hydrogen-bond acceptors (Lipinski definition) is 1. The van der Waals surface area contributed by atoms with Crippen LogP contribution in [0, 0.1) is 17.8 Å². The van der Waals surface area contributed by atoms with Gasteiger partial charge < -0.3 is 5.73 Å². The van der Waals surface area contributed by atoms with Crippen LogP contribution >= 0.6 is 0 Å². The first-order chi connectivity index (χ1) is 5.85. The van der Waals surface area contributed by atoms with Crippen LogP contribution in [0.2, 0.25) is 0 Å². The van der Waals surface area contributed by atoms with Gasteiger partial charge in [0.1, 0.15) is 0 Å². The summed E-state index contributed by atoms with van der Waals surface area (Å²) in [4.78, 5) is 0. The van der Waals surface area contributed by atoms with Gasteiger partial charge in [-0.25, -0.2) is 0 Å². The zero-order valence-corrected chi connectivity index (χ0v) is 7.92. The summed E-state index contributed by atoms with van der Waals surface area (Å²) in [7, 11) is 0. The van der Waals surface area contributed by atoms with Gasteiger partial charge in [-0.05, 0) is 43.6 Å². The predicted octanol–water partition coefficient (Wildman–Crippen LogP) is 2.33. The van der Waals surface area contributed by atoms with Gasteiger partial charge in [0, 0.05) is 0 Å². The Morgan fingerprint density at radius 1 is 1.58 bits per heavy atom. The Labute approximate surface area is 75.0 Å². The molecule has 1 saturated carbocycles. The zero-order chi connectivity index (χ0) is 8.55. The normalized spacial score (nSPS) is 38.8. The van der Waals surface area contributed by atoms with Crippen molar-refractivity contribution < 1.29 is 0 Å². The lowest BCUT2D eigenvalue weighted by molar-refractivity contribution is 0.137. The fourth-order valence-corrected chi connectivity index (χ4v) is 2.82. The smallest absolute Gasteiger partial charge is 0.00430 e. The Kier molecular flexibility index (Phi) is 2.22. The highest BCUT2D eigenvalue weighted by atomic mass is 14.6. The Morgan fingerprint density at radius 3 is 3.08 bits per heavy atom. The highest BCUT2D eigenvalue weighted by Crippen LogP contribution is 2.50. The second-order valence-electron chi connectivity index (χ2n) is 4.35. The Hall–Kier alpha value is -0.300. The van der Waals surface area contributed by atoms with E-state index in [1.54, 1.807) is 5.57 Å². The van der Waals surface area contributed by atoms with E-state index in [4.69, 9.17) is 5.73 Å². The third kappa shape index (κ3) is 1.20. The van der Waals surface area contributed by atoms with Crippen molar-refractivity contribution in [3.63, 3.8) is 0 Å². The highest BCUT2D eigenvalue weighted by molar-refractivity contribution is 5.19. The van der Waals surface area contributed by atoms with E-state index < -0.39 is 0 Å². The molecule has 2 aliphatic carbocycles. The van der Waals surface area contributed by atoms with Crippen molar-refractivity contribution in [3.05, 3.63) is 11.6 Å². The summed E-state index contributed by atoms with van der Waals surface area (Å²) >= 11 is 0. The number of allylic oxidation sites excluding steroid dienone is 2. The van der Waals surface area contributed by atoms with E-state index in [1.165, 1.54) is 25.7 Å². The summed E-state index contributed by atoms with van der Waals surface area (Å²) in [5.41, 5.74) is 7.39. The van der Waals surface area contributed by atoms with Crippen LogP contribution in [0.1, 0.15) is 32.6 Å². The van der Waals surface area contributed by atoms with Crippen molar-refractivity contribution in [3.8, 4) is 0 Å². The molecule has 12 heavy (non-hydrogen) atoms. The lowest BCUT2D eigenvalue weighted by Crippen LogP contribution is -2.37. The van der Waals surface area contributed by atoms with Gasteiger partial charge in [0.15, 0.2) is 0 Å². The summed E-state index contributed by atoms with van der Waals surface area (Å²) in [5, 5.41) is 0. The molecule has 0 heterocycles. The molecule has 0 aromatic rings. The van der Waals surface area contributed by atoms with Gasteiger partial charge in [0.25, 0.3) is 0 Å². The quantitative estimate of drug-likeness (QED) is 0.638. The van der Waals surface area contributed by atoms with Gasteiger partial charge in [0.05, 0.1) is 0 Å². The van der Waals surface area contributed by atoms with Crippen LogP contribution in [0.4, 0.5) is 0 Å². The summed E-state index contributed by atoms with van der Waals surface area (Å²) in [5.74, 6) is 2.68. The minimum absolute atomic E-state index is 0.823. The van der Waals surface area contributed by atoms with Gasteiger partial charge in [-0.2, -0.15) is 0 Å². The molecule has 0 unspecified atom stereocenters. The zero-order valence-electron chi connectivity index (χ0n) is 7.92. The monoisotopic (exact) mass is 165 g/mol. The van der Waals surface area contributed by atoms with E-state index in [0.717, 1.165) is 24.3 Å². The number of nitrogens with two attached hydrogens (primary N) is 1. The lowest BCUT2D eigenvalue weighted by Gasteiger charge is -2.39. The van der Waals surface area contributed by atoms with Crippen LogP contribution in [0.15, 0.2) is 11.6 Å². The van der Waals surface area contributed by atoms with E-state index in [9.17, 15) is 0 Å². The summed E-state index contributed by atoms with van der Waals surface area (Å²) in [6.45, 7) is 3.17. The summed E-state index contributed by atoms with van der Waals surface area (Å²) in [6.07, 6.45) is 7.93. The fraction of sp³-hybridized carbons (Fsp3) is 0.818. The molecule has 1 fully saturated rings. The minimum Gasteiger partial charge on any atom is -0.330 e. The molecule has 1 heteroatoms. The molecule has 0 saturated heterocycles. The van der Waals surface area contributed by atoms with Gasteiger partial charge >= 0.3 is 0 Å². The second-order valence-corrected chi connectivity index (χ2v) is 4.35. The molecule has 1 nitrogen and oxygen atoms in total. The standard InChI is InChI=1S/C11H19N/c1-2-3-8-4-9-6-10(7-12)11(9)5-8/h5,9-11H,2-4,6-7,12H2,1H3/t9-,10+,11+/m1/s1. The molecular weight excluding hydrogens is 146 g/mol. The molecule has 0 bridgehead atoms. The van der Waals surface area contributed by atoms with E-state index in [2.05, 4.69) is 13.0 Å². The van der Waals surface area contributed by atoms with Gasteiger partial charge in [0.2, 0.25) is 0 Å². The van der Waals surface area contributed by atoms with Gasteiger partial charge in [-0.15, -0.1) is 0 Å². The maximum atomic E-state index is 5.68. The molecular formula is C11H19N. The first kappa shape index (κ1) is 8.31. The number of hydrogen-bond donors (Lipinski definition) is 1. The first-order valence-electron chi connectivity index (χ1n) is 5.24. The average molecular weight is 165 g/mol. The van der Waals surface area contributed by atoms with Crippen LogP contribution in [0.25, 0.3) is 0 Å². The Bertz CT molecular complexity index is 195. The molecule has 3 atom stereocenters. The van der Waals surface area contributed by atoms with E-state index in [0.29, 0.717) is 0 Å². The van der Waals surface area contributed by atoms with E-state index in [1.807, 2.05) is 0 Å². The van der Waals surface area contributed by atoms with E-state index >= 15 is 0 Å². The fourth-order valence-electron chi connectivity index (χ4n) is 2.82. The lowest BCUT2D eigenvalue weighted by atomic mass is 9.66. The van der Waals surface area contributed by atoms with Crippen LogP contribution in [0.5, 0.6) is 0 Å². The minimum atomic E-state index is 0.823. The maximum Gasteiger partial charge on any atom is -0.00430 e. The van der Waals surface area contributed by atoms with Crippen LogP contribution in [-0.2, 0) is 0 Å². The molecule has 68 valence electrons. The molecule has 0 aromatic carbocycles. The third-order valence-corrected chi connectivity index (χ3v) is 3.52. The molecule has 2 rings (SSSR count). The SMILES string of the molecule is CCCC1=C[C@@H]2[C@H](CN)C[C@H]2C1. The first-order valence-corrected chi connectivity index (χ1v) is 5.24. The molecule has 0 aliphatic heterocycles. The van der Waals surface area contributed by atoms with Gasteiger partial charge in [-0.1, -0.05) is 25.0 Å². The van der Waals surface area contributed by atoms with Crippen LogP contribution < -0.4 is 5.73 Å². The van der Waals surface area contributed by atoms with Crippen molar-refractivity contribution in [1.29, 1.82) is 0 Å². The highest BCUT2D eigenvalue weighted by Gasteiger charge is 2.41. The van der Waals surface area contributed by atoms with E-state index in [-0.39, 0.29) is 0 Å². The third-order valence-electron chi connectivity index (χ3n) is 3.52. The molecule has 0 radical (unpaired) electrons. The molecule has 2 N–H and O–H groups in total. The second kappa shape index (κ2) is 3.21. The van der Waals surface area contributed by atoms with Gasteiger partial charge in [-0.3, -0.25) is 0 Å².